The number of carbonyl (C=O) groups excluding carboxylic acids is 1. The van der Waals surface area contributed by atoms with E-state index in [1.807, 2.05) is 13.8 Å². The minimum Gasteiger partial charge on any atom is -0.481 e. The van der Waals surface area contributed by atoms with Gasteiger partial charge in [0, 0.05) is 19.1 Å². The molecule has 2 atom stereocenters. The SMILES string of the molecule is CCCCCC(C)NC(=O)N1CCC(CC)(C(=O)O)C1. The molecule has 1 aliphatic heterocycles. The molecule has 0 saturated carbocycles. The van der Waals surface area contributed by atoms with Crippen LogP contribution < -0.4 is 5.32 Å². The van der Waals surface area contributed by atoms with Crippen molar-refractivity contribution in [1.82, 2.24) is 10.2 Å². The molecule has 2 amide bonds. The fourth-order valence-electron chi connectivity index (χ4n) is 2.73. The molecule has 20 heavy (non-hydrogen) atoms. The summed E-state index contributed by atoms with van der Waals surface area (Å²) in [6.07, 6.45) is 5.57. The number of urea groups is 1. The van der Waals surface area contributed by atoms with Gasteiger partial charge in [0.15, 0.2) is 0 Å². The first kappa shape index (κ1) is 16.8. The number of carboxylic acids is 1. The van der Waals surface area contributed by atoms with Crippen molar-refractivity contribution in [1.29, 1.82) is 0 Å². The van der Waals surface area contributed by atoms with E-state index in [-0.39, 0.29) is 12.1 Å². The molecule has 0 aromatic heterocycles. The van der Waals surface area contributed by atoms with Crippen LogP contribution in [0.1, 0.15) is 59.3 Å². The number of aliphatic carboxylic acids is 1. The molecule has 0 spiro atoms. The molecule has 2 unspecified atom stereocenters. The van der Waals surface area contributed by atoms with Gasteiger partial charge >= 0.3 is 12.0 Å². The third kappa shape index (κ3) is 4.12. The fraction of sp³-hybridized carbons (Fsp3) is 0.867. The zero-order valence-corrected chi connectivity index (χ0v) is 12.9. The molecular formula is C15H28N2O3. The molecule has 116 valence electrons. The van der Waals surface area contributed by atoms with E-state index in [9.17, 15) is 14.7 Å². The van der Waals surface area contributed by atoms with Crippen LogP contribution in [0.4, 0.5) is 4.79 Å². The maximum absolute atomic E-state index is 12.1. The molecule has 1 heterocycles. The third-order valence-electron chi connectivity index (χ3n) is 4.38. The molecule has 5 nitrogen and oxygen atoms in total. The first-order valence-electron chi connectivity index (χ1n) is 7.74. The summed E-state index contributed by atoms with van der Waals surface area (Å²) in [5, 5.41) is 12.3. The Morgan fingerprint density at radius 1 is 1.35 bits per heavy atom. The standard InChI is InChI=1S/C15H28N2O3/c1-4-6-7-8-12(3)16-14(20)17-10-9-15(5-2,11-17)13(18)19/h12H,4-11H2,1-3H3,(H,16,20)(H,18,19). The van der Waals surface area contributed by atoms with Crippen LogP contribution in [0.5, 0.6) is 0 Å². The first-order valence-corrected chi connectivity index (χ1v) is 7.74. The van der Waals surface area contributed by atoms with Crippen LogP contribution in [0.2, 0.25) is 0 Å². The summed E-state index contributed by atoms with van der Waals surface area (Å²) in [6.45, 7) is 6.90. The van der Waals surface area contributed by atoms with E-state index in [0.29, 0.717) is 25.9 Å². The van der Waals surface area contributed by atoms with Gasteiger partial charge in [-0.25, -0.2) is 4.79 Å². The topological polar surface area (TPSA) is 69.6 Å². The van der Waals surface area contributed by atoms with Gasteiger partial charge in [-0.1, -0.05) is 33.1 Å². The Hall–Kier alpha value is -1.26. The Morgan fingerprint density at radius 2 is 2.05 bits per heavy atom. The van der Waals surface area contributed by atoms with E-state index < -0.39 is 11.4 Å². The smallest absolute Gasteiger partial charge is 0.317 e. The summed E-state index contributed by atoms with van der Waals surface area (Å²) in [6, 6.07) is 0.0288. The van der Waals surface area contributed by atoms with E-state index in [1.165, 1.54) is 12.8 Å². The van der Waals surface area contributed by atoms with E-state index in [4.69, 9.17) is 0 Å². The second-order valence-corrected chi connectivity index (χ2v) is 5.96. The number of nitrogens with one attached hydrogen (secondary N) is 1. The quantitative estimate of drug-likeness (QED) is 0.706. The van der Waals surface area contributed by atoms with Crippen molar-refractivity contribution in [3.05, 3.63) is 0 Å². The average Bonchev–Trinajstić information content (AvgIpc) is 2.85. The van der Waals surface area contributed by atoms with Crippen molar-refractivity contribution in [3.8, 4) is 0 Å². The predicted octanol–water partition coefficient (Wildman–Crippen LogP) is 2.85. The summed E-state index contributed by atoms with van der Waals surface area (Å²) in [7, 11) is 0. The van der Waals surface area contributed by atoms with E-state index in [2.05, 4.69) is 12.2 Å². The third-order valence-corrected chi connectivity index (χ3v) is 4.38. The van der Waals surface area contributed by atoms with Crippen LogP contribution in [-0.4, -0.2) is 41.1 Å². The van der Waals surface area contributed by atoms with Crippen LogP contribution in [0.3, 0.4) is 0 Å². The molecule has 0 aromatic carbocycles. The molecule has 5 heteroatoms. The molecule has 1 fully saturated rings. The number of hydrogen-bond acceptors (Lipinski definition) is 2. The molecule has 0 aromatic rings. The van der Waals surface area contributed by atoms with Gasteiger partial charge in [0.1, 0.15) is 0 Å². The second kappa shape index (κ2) is 7.50. The van der Waals surface area contributed by atoms with Crippen molar-refractivity contribution in [2.45, 2.75) is 65.3 Å². The van der Waals surface area contributed by atoms with Gasteiger partial charge in [-0.15, -0.1) is 0 Å². The maximum atomic E-state index is 12.1. The number of carboxylic acid groups (broad SMARTS) is 1. The van der Waals surface area contributed by atoms with Crippen molar-refractivity contribution >= 4 is 12.0 Å². The van der Waals surface area contributed by atoms with Gasteiger partial charge in [0.05, 0.1) is 5.41 Å². The highest BCUT2D eigenvalue weighted by molar-refractivity contribution is 5.79. The number of nitrogens with zero attached hydrogens (tertiary/aromatic N) is 1. The van der Waals surface area contributed by atoms with E-state index >= 15 is 0 Å². The Labute approximate surface area is 121 Å². The van der Waals surface area contributed by atoms with Gasteiger partial charge < -0.3 is 15.3 Å². The average molecular weight is 284 g/mol. The lowest BCUT2D eigenvalue weighted by molar-refractivity contribution is -0.148. The normalized spacial score (nSPS) is 23.6. The Morgan fingerprint density at radius 3 is 2.55 bits per heavy atom. The van der Waals surface area contributed by atoms with Crippen LogP contribution in [0.25, 0.3) is 0 Å². The minimum absolute atomic E-state index is 0.120. The maximum Gasteiger partial charge on any atom is 0.317 e. The van der Waals surface area contributed by atoms with Gasteiger partial charge in [-0.05, 0) is 26.2 Å². The molecule has 0 aliphatic carbocycles. The summed E-state index contributed by atoms with van der Waals surface area (Å²) in [5.41, 5.74) is -0.747. The minimum atomic E-state index is -0.786. The molecule has 1 rings (SSSR count). The lowest BCUT2D eigenvalue weighted by Gasteiger charge is -2.24. The Balaban J connectivity index is 2.44. The zero-order chi connectivity index (χ0) is 15.2. The van der Waals surface area contributed by atoms with Gasteiger partial charge in [-0.2, -0.15) is 0 Å². The lowest BCUT2D eigenvalue weighted by Crippen LogP contribution is -2.44. The molecular weight excluding hydrogens is 256 g/mol. The highest BCUT2D eigenvalue weighted by Gasteiger charge is 2.44. The summed E-state index contributed by atoms with van der Waals surface area (Å²) in [5.74, 6) is -0.786. The number of amides is 2. The van der Waals surface area contributed by atoms with Crippen LogP contribution in [0, 0.1) is 5.41 Å². The predicted molar refractivity (Wildman–Crippen MR) is 78.7 cm³/mol. The largest absolute Gasteiger partial charge is 0.481 e. The number of unbranched alkanes of at least 4 members (excludes halogenated alkanes) is 2. The summed E-state index contributed by atoms with van der Waals surface area (Å²) in [4.78, 5) is 25.1. The summed E-state index contributed by atoms with van der Waals surface area (Å²) >= 11 is 0. The van der Waals surface area contributed by atoms with Crippen LogP contribution >= 0.6 is 0 Å². The highest BCUT2D eigenvalue weighted by atomic mass is 16.4. The van der Waals surface area contributed by atoms with E-state index in [0.717, 1.165) is 12.8 Å². The number of hydrogen-bond donors (Lipinski definition) is 2. The number of rotatable bonds is 7. The van der Waals surface area contributed by atoms with Crippen molar-refractivity contribution < 1.29 is 14.7 Å². The van der Waals surface area contributed by atoms with Crippen molar-refractivity contribution in [2.24, 2.45) is 5.41 Å². The van der Waals surface area contributed by atoms with Gasteiger partial charge in [0.2, 0.25) is 0 Å². The number of carbonyl (C=O) groups is 2. The van der Waals surface area contributed by atoms with Gasteiger partial charge in [-0.3, -0.25) is 4.79 Å². The zero-order valence-electron chi connectivity index (χ0n) is 12.9. The molecule has 1 aliphatic rings. The molecule has 0 radical (unpaired) electrons. The van der Waals surface area contributed by atoms with Crippen molar-refractivity contribution in [3.63, 3.8) is 0 Å². The Bertz CT molecular complexity index is 346. The second-order valence-electron chi connectivity index (χ2n) is 5.96. The Kier molecular flexibility index (Phi) is 6.30. The fourth-order valence-corrected chi connectivity index (χ4v) is 2.73. The molecule has 1 saturated heterocycles. The van der Waals surface area contributed by atoms with Gasteiger partial charge in [0.25, 0.3) is 0 Å². The monoisotopic (exact) mass is 284 g/mol. The van der Waals surface area contributed by atoms with E-state index in [1.54, 1.807) is 4.90 Å². The first-order chi connectivity index (χ1) is 9.45. The highest BCUT2D eigenvalue weighted by Crippen LogP contribution is 2.34. The lowest BCUT2D eigenvalue weighted by atomic mass is 9.84. The molecule has 2 N–H and O–H groups in total. The number of likely N-dealkylation sites (tertiary alicyclic amines) is 1. The van der Waals surface area contributed by atoms with Crippen LogP contribution in [-0.2, 0) is 4.79 Å². The summed E-state index contributed by atoms with van der Waals surface area (Å²) < 4.78 is 0. The van der Waals surface area contributed by atoms with Crippen molar-refractivity contribution in [2.75, 3.05) is 13.1 Å². The van der Waals surface area contributed by atoms with Crippen LogP contribution in [0.15, 0.2) is 0 Å². The molecule has 0 bridgehead atoms.